The molecule has 4 rings (SSSR count). The highest BCUT2D eigenvalue weighted by Gasteiger charge is 2.29. The number of hydrogen-bond acceptors (Lipinski definition) is 3. The number of amides is 1. The summed E-state index contributed by atoms with van der Waals surface area (Å²) in [5, 5.41) is 3.11. The van der Waals surface area contributed by atoms with Crippen molar-refractivity contribution in [2.45, 2.75) is 45.4 Å². The van der Waals surface area contributed by atoms with Crippen LogP contribution < -0.4 is 15.1 Å². The normalized spacial score (nSPS) is 16.4. The zero-order valence-corrected chi connectivity index (χ0v) is 18.7. The Morgan fingerprint density at radius 3 is 2.23 bits per heavy atom. The summed E-state index contributed by atoms with van der Waals surface area (Å²) in [4.78, 5) is 17.3. The maximum atomic E-state index is 12.6. The molecule has 1 fully saturated rings. The molecule has 160 valence electrons. The van der Waals surface area contributed by atoms with Crippen molar-refractivity contribution in [2.24, 2.45) is 5.92 Å². The predicted octanol–water partition coefficient (Wildman–Crippen LogP) is 4.38. The summed E-state index contributed by atoms with van der Waals surface area (Å²) < 4.78 is 0. The van der Waals surface area contributed by atoms with Crippen molar-refractivity contribution in [3.05, 3.63) is 59.7 Å². The van der Waals surface area contributed by atoms with Crippen LogP contribution in [0.25, 0.3) is 0 Å². The summed E-state index contributed by atoms with van der Waals surface area (Å²) in [7, 11) is 0. The van der Waals surface area contributed by atoms with E-state index >= 15 is 0 Å². The van der Waals surface area contributed by atoms with Gasteiger partial charge in [-0.15, -0.1) is 0 Å². The van der Waals surface area contributed by atoms with Gasteiger partial charge in [0.05, 0.1) is 17.9 Å². The summed E-state index contributed by atoms with van der Waals surface area (Å²) >= 11 is 0. The number of nitrogens with zero attached hydrogens (tertiary/aromatic N) is 2. The number of rotatable bonds is 7. The van der Waals surface area contributed by atoms with Gasteiger partial charge in [-0.05, 0) is 53.9 Å². The van der Waals surface area contributed by atoms with Crippen molar-refractivity contribution in [3.8, 4) is 0 Å². The third-order valence-corrected chi connectivity index (χ3v) is 6.27. The van der Waals surface area contributed by atoms with Crippen LogP contribution in [0.2, 0.25) is 0 Å². The first kappa shape index (κ1) is 20.8. The maximum absolute atomic E-state index is 12.6. The van der Waals surface area contributed by atoms with Gasteiger partial charge in [-0.25, -0.2) is 0 Å². The fourth-order valence-electron chi connectivity index (χ4n) is 4.19. The van der Waals surface area contributed by atoms with Crippen LogP contribution >= 0.6 is 0 Å². The molecule has 0 radical (unpaired) electrons. The van der Waals surface area contributed by atoms with E-state index in [4.69, 9.17) is 0 Å². The van der Waals surface area contributed by atoms with Crippen LogP contribution in [0.4, 0.5) is 11.4 Å². The van der Waals surface area contributed by atoms with Gasteiger partial charge < -0.3 is 15.1 Å². The number of hydrogen-bond donors (Lipinski definition) is 1. The van der Waals surface area contributed by atoms with Gasteiger partial charge in [-0.1, -0.05) is 57.2 Å². The highest BCUT2D eigenvalue weighted by molar-refractivity contribution is 5.84. The van der Waals surface area contributed by atoms with Gasteiger partial charge in [-0.2, -0.15) is 0 Å². The Morgan fingerprint density at radius 1 is 0.967 bits per heavy atom. The molecule has 4 nitrogen and oxygen atoms in total. The third-order valence-electron chi connectivity index (χ3n) is 6.27. The number of anilines is 2. The molecule has 2 aliphatic rings. The van der Waals surface area contributed by atoms with E-state index in [2.05, 4.69) is 84.4 Å². The first-order valence-corrected chi connectivity index (χ1v) is 11.4. The van der Waals surface area contributed by atoms with Gasteiger partial charge >= 0.3 is 0 Å². The topological polar surface area (TPSA) is 35.6 Å². The standard InChI is InChI=1S/C26H35N3O/c1-26(2,3)22-12-10-20(11-13-22)14-15-27-25(30)19-29-17-16-28(18-21-8-9-21)23-6-4-5-7-24(23)29/h4-7,10-13,21H,8-9,14-19H2,1-3H3,(H,27,30). The van der Waals surface area contributed by atoms with Gasteiger partial charge in [0.25, 0.3) is 0 Å². The van der Waals surface area contributed by atoms with Gasteiger partial charge in [0, 0.05) is 26.2 Å². The van der Waals surface area contributed by atoms with Crippen LogP contribution in [0, 0.1) is 5.92 Å². The Kier molecular flexibility index (Phi) is 6.03. The molecule has 1 N–H and O–H groups in total. The molecule has 2 aromatic carbocycles. The lowest BCUT2D eigenvalue weighted by Crippen LogP contribution is -2.46. The molecule has 0 atom stereocenters. The summed E-state index contributed by atoms with van der Waals surface area (Å²) in [6.45, 7) is 10.9. The fourth-order valence-corrected chi connectivity index (χ4v) is 4.19. The van der Waals surface area contributed by atoms with Crippen molar-refractivity contribution in [1.29, 1.82) is 0 Å². The molecule has 30 heavy (non-hydrogen) atoms. The minimum Gasteiger partial charge on any atom is -0.368 e. The van der Waals surface area contributed by atoms with E-state index in [1.807, 2.05) is 0 Å². The molecule has 1 saturated carbocycles. The largest absolute Gasteiger partial charge is 0.368 e. The summed E-state index contributed by atoms with van der Waals surface area (Å²) in [5.74, 6) is 0.970. The lowest BCUT2D eigenvalue weighted by Gasteiger charge is -2.38. The SMILES string of the molecule is CC(C)(C)c1ccc(CCNC(=O)CN2CCN(CC3CC3)c3ccccc32)cc1. The first-order valence-electron chi connectivity index (χ1n) is 11.4. The van der Waals surface area contributed by atoms with Crippen molar-refractivity contribution < 1.29 is 4.79 Å². The first-order chi connectivity index (χ1) is 14.4. The summed E-state index contributed by atoms with van der Waals surface area (Å²) in [6.07, 6.45) is 3.59. The van der Waals surface area contributed by atoms with Crippen LogP contribution in [0.5, 0.6) is 0 Å². The Balaban J connectivity index is 1.28. The van der Waals surface area contributed by atoms with Crippen LogP contribution in [0.3, 0.4) is 0 Å². The van der Waals surface area contributed by atoms with Crippen molar-refractivity contribution in [3.63, 3.8) is 0 Å². The number of carbonyl (C=O) groups is 1. The highest BCUT2D eigenvalue weighted by Crippen LogP contribution is 2.37. The van der Waals surface area contributed by atoms with Crippen LogP contribution in [-0.4, -0.2) is 38.6 Å². The number of nitrogens with one attached hydrogen (secondary N) is 1. The van der Waals surface area contributed by atoms with Gasteiger partial charge in [0.1, 0.15) is 0 Å². The molecule has 1 amide bonds. The molecule has 4 heteroatoms. The molecule has 0 bridgehead atoms. The minimum absolute atomic E-state index is 0.103. The molecule has 2 aromatic rings. The third kappa shape index (κ3) is 5.16. The minimum atomic E-state index is 0.103. The van der Waals surface area contributed by atoms with E-state index < -0.39 is 0 Å². The quantitative estimate of drug-likeness (QED) is 0.743. The van der Waals surface area contributed by atoms with Gasteiger partial charge in [-0.3, -0.25) is 4.79 Å². The van der Waals surface area contributed by atoms with E-state index in [0.717, 1.165) is 32.0 Å². The highest BCUT2D eigenvalue weighted by atomic mass is 16.2. The Bertz CT molecular complexity index is 865. The number of benzene rings is 2. The molecule has 0 aromatic heterocycles. The predicted molar refractivity (Wildman–Crippen MR) is 125 cm³/mol. The fraction of sp³-hybridized carbons (Fsp3) is 0.500. The van der Waals surface area contributed by atoms with E-state index in [9.17, 15) is 4.79 Å². The number of para-hydroxylation sites is 2. The van der Waals surface area contributed by atoms with E-state index in [0.29, 0.717) is 13.1 Å². The number of carbonyl (C=O) groups excluding carboxylic acids is 1. The second kappa shape index (κ2) is 8.71. The smallest absolute Gasteiger partial charge is 0.239 e. The van der Waals surface area contributed by atoms with Crippen molar-refractivity contribution in [2.75, 3.05) is 42.5 Å². The summed E-state index contributed by atoms with van der Waals surface area (Å²) in [5.41, 5.74) is 5.25. The molecule has 0 unspecified atom stereocenters. The zero-order chi connectivity index (χ0) is 21.1. The molecular formula is C26H35N3O. The second-order valence-corrected chi connectivity index (χ2v) is 9.85. The number of fused-ring (bicyclic) bond motifs is 1. The zero-order valence-electron chi connectivity index (χ0n) is 18.7. The monoisotopic (exact) mass is 405 g/mol. The molecule has 1 aliphatic heterocycles. The molecule has 0 spiro atoms. The van der Waals surface area contributed by atoms with Crippen molar-refractivity contribution >= 4 is 17.3 Å². The van der Waals surface area contributed by atoms with Crippen molar-refractivity contribution in [1.82, 2.24) is 5.32 Å². The lowest BCUT2D eigenvalue weighted by atomic mass is 9.86. The molecule has 0 saturated heterocycles. The maximum Gasteiger partial charge on any atom is 0.239 e. The van der Waals surface area contributed by atoms with E-state index in [1.165, 1.54) is 35.3 Å². The van der Waals surface area contributed by atoms with Crippen LogP contribution in [-0.2, 0) is 16.6 Å². The lowest BCUT2D eigenvalue weighted by molar-refractivity contribution is -0.119. The summed E-state index contributed by atoms with van der Waals surface area (Å²) in [6, 6.07) is 17.3. The molecule has 1 aliphatic carbocycles. The van der Waals surface area contributed by atoms with Gasteiger partial charge in [0.15, 0.2) is 0 Å². The van der Waals surface area contributed by atoms with E-state index in [-0.39, 0.29) is 11.3 Å². The Labute approximate surface area is 181 Å². The molecular weight excluding hydrogens is 370 g/mol. The van der Waals surface area contributed by atoms with Crippen LogP contribution in [0.15, 0.2) is 48.5 Å². The average molecular weight is 406 g/mol. The Morgan fingerprint density at radius 2 is 1.60 bits per heavy atom. The van der Waals surface area contributed by atoms with Crippen LogP contribution in [0.1, 0.15) is 44.7 Å². The molecule has 1 heterocycles. The second-order valence-electron chi connectivity index (χ2n) is 9.85. The Hall–Kier alpha value is -2.49. The van der Waals surface area contributed by atoms with Gasteiger partial charge in [0.2, 0.25) is 5.91 Å². The average Bonchev–Trinajstić information content (AvgIpc) is 3.54. The van der Waals surface area contributed by atoms with E-state index in [1.54, 1.807) is 0 Å².